The highest BCUT2D eigenvalue weighted by atomic mass is 16.1. The van der Waals surface area contributed by atoms with Crippen LogP contribution in [0, 0.1) is 0 Å². The van der Waals surface area contributed by atoms with E-state index in [4.69, 9.17) is 0 Å². The zero-order chi connectivity index (χ0) is 14.4. The summed E-state index contributed by atoms with van der Waals surface area (Å²) in [5, 5.41) is 10.9. The monoisotopic (exact) mass is 278 g/mol. The van der Waals surface area contributed by atoms with Crippen LogP contribution in [0.15, 0.2) is 12.3 Å². The molecular weight excluding hydrogens is 252 g/mol. The second-order valence-electron chi connectivity index (χ2n) is 5.67. The lowest BCUT2D eigenvalue weighted by Crippen LogP contribution is -2.26. The molecule has 5 nitrogen and oxygen atoms in total. The maximum absolute atomic E-state index is 11.5. The highest BCUT2D eigenvalue weighted by molar-refractivity contribution is 5.76. The van der Waals surface area contributed by atoms with Crippen molar-refractivity contribution >= 4 is 5.91 Å². The van der Waals surface area contributed by atoms with Gasteiger partial charge in [-0.3, -0.25) is 9.48 Å². The summed E-state index contributed by atoms with van der Waals surface area (Å²) < 4.78 is 2.01. The average molecular weight is 278 g/mol. The van der Waals surface area contributed by atoms with E-state index in [9.17, 15) is 4.79 Å². The van der Waals surface area contributed by atoms with Crippen molar-refractivity contribution in [3.8, 4) is 0 Å². The van der Waals surface area contributed by atoms with Gasteiger partial charge in [-0.1, -0.05) is 6.92 Å². The molecule has 0 radical (unpaired) electrons. The fraction of sp³-hybridized carbons (Fsp3) is 0.733. The first kappa shape index (κ1) is 15.0. The van der Waals surface area contributed by atoms with Crippen LogP contribution in [0.3, 0.4) is 0 Å². The number of carbonyl (C=O) groups excluding carboxylic acids is 1. The highest BCUT2D eigenvalue weighted by Crippen LogP contribution is 2.18. The molecule has 1 unspecified atom stereocenters. The molecule has 1 heterocycles. The summed E-state index contributed by atoms with van der Waals surface area (Å²) in [6, 6.07) is 2.98. The first-order valence-corrected chi connectivity index (χ1v) is 7.73. The number of hydrogen-bond acceptors (Lipinski definition) is 3. The van der Waals surface area contributed by atoms with Crippen molar-refractivity contribution in [2.24, 2.45) is 0 Å². The van der Waals surface area contributed by atoms with Gasteiger partial charge in [0.05, 0.1) is 5.69 Å². The van der Waals surface area contributed by atoms with Gasteiger partial charge in [-0.25, -0.2) is 0 Å². The van der Waals surface area contributed by atoms with Crippen molar-refractivity contribution < 1.29 is 4.79 Å². The van der Waals surface area contributed by atoms with E-state index in [0.29, 0.717) is 18.5 Å². The Bertz CT molecular complexity index is 425. The first-order chi connectivity index (χ1) is 9.69. The minimum atomic E-state index is 0.190. The minimum Gasteiger partial charge on any atom is -0.353 e. The summed E-state index contributed by atoms with van der Waals surface area (Å²) in [7, 11) is 0. The Balaban J connectivity index is 1.56. The van der Waals surface area contributed by atoms with Gasteiger partial charge in [-0.15, -0.1) is 0 Å². The van der Waals surface area contributed by atoms with E-state index in [1.807, 2.05) is 10.9 Å². The maximum Gasteiger partial charge on any atom is 0.220 e. The lowest BCUT2D eigenvalue weighted by atomic mass is 10.3. The van der Waals surface area contributed by atoms with Crippen LogP contribution in [0.5, 0.6) is 0 Å². The Morgan fingerprint density at radius 1 is 1.55 bits per heavy atom. The van der Waals surface area contributed by atoms with Crippen LogP contribution < -0.4 is 10.6 Å². The van der Waals surface area contributed by atoms with Crippen molar-refractivity contribution in [1.29, 1.82) is 0 Å². The predicted molar refractivity (Wildman–Crippen MR) is 79.3 cm³/mol. The molecule has 1 aromatic rings. The van der Waals surface area contributed by atoms with Crippen molar-refractivity contribution in [1.82, 2.24) is 20.4 Å². The molecule has 1 aliphatic rings. The van der Waals surface area contributed by atoms with E-state index in [1.54, 1.807) is 0 Å². The molecule has 1 aromatic heterocycles. The summed E-state index contributed by atoms with van der Waals surface area (Å²) in [6.45, 7) is 5.96. The molecule has 1 saturated carbocycles. The van der Waals surface area contributed by atoms with Gasteiger partial charge in [0, 0.05) is 31.2 Å². The number of hydrogen-bond donors (Lipinski definition) is 2. The molecule has 2 N–H and O–H groups in total. The number of rotatable bonds is 9. The molecular formula is C15H26N4O. The van der Waals surface area contributed by atoms with Crippen LogP contribution in [0.2, 0.25) is 0 Å². The van der Waals surface area contributed by atoms with Gasteiger partial charge < -0.3 is 10.6 Å². The molecule has 0 aromatic carbocycles. The van der Waals surface area contributed by atoms with Crippen LogP contribution in [-0.2, 0) is 11.3 Å². The third-order valence-corrected chi connectivity index (χ3v) is 3.71. The van der Waals surface area contributed by atoms with Crippen molar-refractivity contribution in [3.05, 3.63) is 18.0 Å². The molecule has 0 bridgehead atoms. The van der Waals surface area contributed by atoms with Crippen molar-refractivity contribution in [2.45, 2.75) is 64.6 Å². The number of nitrogens with one attached hydrogen (secondary N) is 2. The lowest BCUT2D eigenvalue weighted by molar-refractivity contribution is -0.121. The number of nitrogens with zero attached hydrogens (tertiary/aromatic N) is 2. The van der Waals surface area contributed by atoms with Crippen LogP contribution in [-0.4, -0.2) is 28.3 Å². The molecule has 5 heteroatoms. The Morgan fingerprint density at radius 3 is 3.05 bits per heavy atom. The molecule has 1 fully saturated rings. The third-order valence-electron chi connectivity index (χ3n) is 3.71. The van der Waals surface area contributed by atoms with Gasteiger partial charge in [0.25, 0.3) is 0 Å². The van der Waals surface area contributed by atoms with Gasteiger partial charge in [0.15, 0.2) is 0 Å². The average Bonchev–Trinajstić information content (AvgIpc) is 3.12. The van der Waals surface area contributed by atoms with E-state index in [-0.39, 0.29) is 5.91 Å². The standard InChI is InChI=1S/C15H26N4O/c1-3-12(2)19-10-8-14(18-19)11-16-9-4-5-15(20)17-13-6-7-13/h8,10,12-13,16H,3-7,9,11H2,1-2H3,(H,17,20). The molecule has 112 valence electrons. The molecule has 1 aliphatic carbocycles. The molecule has 2 rings (SSSR count). The predicted octanol–water partition coefficient (Wildman–Crippen LogP) is 2.00. The fourth-order valence-corrected chi connectivity index (χ4v) is 2.02. The van der Waals surface area contributed by atoms with E-state index >= 15 is 0 Å². The van der Waals surface area contributed by atoms with Gasteiger partial charge in [-0.2, -0.15) is 5.10 Å². The Kier molecular flexibility index (Phi) is 5.59. The third kappa shape index (κ3) is 4.96. The normalized spacial score (nSPS) is 16.1. The second kappa shape index (κ2) is 7.43. The summed E-state index contributed by atoms with van der Waals surface area (Å²) in [6.07, 6.45) is 6.93. The first-order valence-electron chi connectivity index (χ1n) is 7.73. The van der Waals surface area contributed by atoms with E-state index < -0.39 is 0 Å². The van der Waals surface area contributed by atoms with Gasteiger partial charge in [0.1, 0.15) is 0 Å². The Labute approximate surface area is 121 Å². The summed E-state index contributed by atoms with van der Waals surface area (Å²) >= 11 is 0. The molecule has 0 spiro atoms. The number of amides is 1. The molecule has 0 saturated heterocycles. The zero-order valence-electron chi connectivity index (χ0n) is 12.6. The Hall–Kier alpha value is -1.36. The molecule has 20 heavy (non-hydrogen) atoms. The fourth-order valence-electron chi connectivity index (χ4n) is 2.02. The largest absolute Gasteiger partial charge is 0.353 e. The van der Waals surface area contributed by atoms with Gasteiger partial charge in [0.2, 0.25) is 5.91 Å². The summed E-state index contributed by atoms with van der Waals surface area (Å²) in [4.78, 5) is 11.5. The number of carbonyl (C=O) groups is 1. The summed E-state index contributed by atoms with van der Waals surface area (Å²) in [5.41, 5.74) is 1.06. The summed E-state index contributed by atoms with van der Waals surface area (Å²) in [5.74, 6) is 0.190. The smallest absolute Gasteiger partial charge is 0.220 e. The highest BCUT2D eigenvalue weighted by Gasteiger charge is 2.22. The minimum absolute atomic E-state index is 0.190. The Morgan fingerprint density at radius 2 is 2.35 bits per heavy atom. The van der Waals surface area contributed by atoms with E-state index in [2.05, 4.69) is 35.6 Å². The van der Waals surface area contributed by atoms with Gasteiger partial charge >= 0.3 is 0 Å². The quantitative estimate of drug-likeness (QED) is 0.679. The van der Waals surface area contributed by atoms with Crippen LogP contribution in [0.1, 0.15) is 57.7 Å². The van der Waals surface area contributed by atoms with Crippen LogP contribution >= 0.6 is 0 Å². The molecule has 1 amide bonds. The van der Waals surface area contributed by atoms with E-state index in [1.165, 1.54) is 0 Å². The maximum atomic E-state index is 11.5. The van der Waals surface area contributed by atoms with Gasteiger partial charge in [-0.05, 0) is 45.2 Å². The van der Waals surface area contributed by atoms with Crippen molar-refractivity contribution in [2.75, 3.05) is 6.54 Å². The van der Waals surface area contributed by atoms with Crippen LogP contribution in [0.25, 0.3) is 0 Å². The van der Waals surface area contributed by atoms with E-state index in [0.717, 1.165) is 44.5 Å². The second-order valence-corrected chi connectivity index (χ2v) is 5.67. The van der Waals surface area contributed by atoms with Crippen molar-refractivity contribution in [3.63, 3.8) is 0 Å². The number of aromatic nitrogens is 2. The van der Waals surface area contributed by atoms with Crippen LogP contribution in [0.4, 0.5) is 0 Å². The lowest BCUT2D eigenvalue weighted by Gasteiger charge is -2.08. The molecule has 0 aliphatic heterocycles. The topological polar surface area (TPSA) is 59.0 Å². The zero-order valence-corrected chi connectivity index (χ0v) is 12.6. The SMILES string of the molecule is CCC(C)n1ccc(CNCCCC(=O)NC2CC2)n1. The molecule has 1 atom stereocenters.